The van der Waals surface area contributed by atoms with Gasteiger partial charge in [0.2, 0.25) is 5.95 Å². The van der Waals surface area contributed by atoms with Gasteiger partial charge < -0.3 is 20.2 Å². The average molecular weight is 335 g/mol. The van der Waals surface area contributed by atoms with Gasteiger partial charge in [-0.2, -0.15) is 0 Å². The highest BCUT2D eigenvalue weighted by Crippen LogP contribution is 2.25. The molecule has 0 aromatic carbocycles. The molecule has 1 fully saturated rings. The van der Waals surface area contributed by atoms with Crippen LogP contribution >= 0.6 is 0 Å². The molecule has 0 saturated carbocycles. The van der Waals surface area contributed by atoms with Crippen LogP contribution in [-0.2, 0) is 6.54 Å². The molecule has 136 valence electrons. The quantitative estimate of drug-likeness (QED) is 0.784. The maximum absolute atomic E-state index is 10.3. The number of aliphatic hydroxyl groups is 1. The average Bonchev–Trinajstić information content (AvgIpc) is 2.55. The van der Waals surface area contributed by atoms with Crippen LogP contribution in [0.4, 0.5) is 5.95 Å². The molecule has 2 heterocycles. The van der Waals surface area contributed by atoms with Crippen LogP contribution in [0, 0.1) is 11.3 Å². The zero-order valence-electron chi connectivity index (χ0n) is 15.8. The Kier molecular flexibility index (Phi) is 6.54. The monoisotopic (exact) mass is 335 g/mol. The molecule has 0 amide bonds. The first-order valence-corrected chi connectivity index (χ1v) is 8.93. The van der Waals surface area contributed by atoms with E-state index in [1.165, 1.54) is 0 Å². The van der Waals surface area contributed by atoms with E-state index in [2.05, 4.69) is 59.8 Å². The first-order chi connectivity index (χ1) is 11.3. The van der Waals surface area contributed by atoms with E-state index in [0.29, 0.717) is 0 Å². The summed E-state index contributed by atoms with van der Waals surface area (Å²) < 4.78 is 0. The van der Waals surface area contributed by atoms with Gasteiger partial charge in [0.25, 0.3) is 0 Å². The molecule has 2 N–H and O–H groups in total. The fourth-order valence-corrected chi connectivity index (χ4v) is 3.14. The molecule has 0 radical (unpaired) electrons. The molecule has 1 atom stereocenters. The summed E-state index contributed by atoms with van der Waals surface area (Å²) in [6.07, 6.45) is 3.49. The highest BCUT2D eigenvalue weighted by molar-refractivity contribution is 5.30. The number of nitrogens with one attached hydrogen (secondary N) is 1. The molecule has 0 bridgehead atoms. The highest BCUT2D eigenvalue weighted by Gasteiger charge is 2.29. The second-order valence-electron chi connectivity index (χ2n) is 7.96. The number of aliphatic hydroxyl groups excluding tert-OH is 1. The van der Waals surface area contributed by atoms with Gasteiger partial charge in [-0.3, -0.25) is 0 Å². The van der Waals surface area contributed by atoms with Crippen LogP contribution in [0.5, 0.6) is 0 Å². The van der Waals surface area contributed by atoms with Crippen molar-refractivity contribution in [3.05, 3.63) is 18.0 Å². The molecule has 1 unspecified atom stereocenters. The van der Waals surface area contributed by atoms with E-state index in [1.54, 1.807) is 0 Å². The van der Waals surface area contributed by atoms with Crippen LogP contribution in [0.1, 0.15) is 33.3 Å². The van der Waals surface area contributed by atoms with Gasteiger partial charge in [-0.05, 0) is 13.0 Å². The van der Waals surface area contributed by atoms with Crippen LogP contribution in [-0.4, -0.2) is 65.8 Å². The van der Waals surface area contributed by atoms with Crippen molar-refractivity contribution in [2.24, 2.45) is 11.3 Å². The molecule has 1 saturated heterocycles. The smallest absolute Gasteiger partial charge is 0.225 e. The van der Waals surface area contributed by atoms with Crippen LogP contribution in [0.2, 0.25) is 0 Å². The van der Waals surface area contributed by atoms with E-state index in [9.17, 15) is 5.11 Å². The fraction of sp³-hybridized carbons (Fsp3) is 0.778. The number of nitrogens with zero attached hydrogens (tertiary/aromatic N) is 4. The van der Waals surface area contributed by atoms with Gasteiger partial charge in [0.05, 0.1) is 6.10 Å². The third-order valence-electron chi connectivity index (χ3n) is 4.82. The van der Waals surface area contributed by atoms with Gasteiger partial charge in [-0.25, -0.2) is 9.97 Å². The topological polar surface area (TPSA) is 64.5 Å². The molecule has 2 rings (SSSR count). The zero-order valence-corrected chi connectivity index (χ0v) is 15.8. The minimum absolute atomic E-state index is 0.158. The molecule has 1 aliphatic rings. The number of hydrogen-bond acceptors (Lipinski definition) is 6. The van der Waals surface area contributed by atoms with E-state index in [1.807, 2.05) is 12.4 Å². The number of likely N-dealkylation sites (N-methyl/N-ethyl adjacent to an activating group) is 1. The maximum Gasteiger partial charge on any atom is 0.225 e. The lowest BCUT2D eigenvalue weighted by Crippen LogP contribution is -2.45. The van der Waals surface area contributed by atoms with Crippen LogP contribution in [0.3, 0.4) is 0 Å². The number of rotatable bonds is 7. The zero-order chi connectivity index (χ0) is 17.7. The molecule has 24 heavy (non-hydrogen) atoms. The third-order valence-corrected chi connectivity index (χ3v) is 4.82. The maximum atomic E-state index is 10.3. The van der Waals surface area contributed by atoms with Gasteiger partial charge >= 0.3 is 0 Å². The van der Waals surface area contributed by atoms with Gasteiger partial charge in [0.15, 0.2) is 0 Å². The second-order valence-corrected chi connectivity index (χ2v) is 7.96. The molecule has 1 aromatic heterocycles. The summed E-state index contributed by atoms with van der Waals surface area (Å²) >= 11 is 0. The standard InChI is InChI=1S/C18H33N5O/c1-14(2)16(24)18(3,4)13-19-10-15-11-20-17(21-12-15)23-8-6-22(5)7-9-23/h11-12,14,16,19,24H,6-10,13H2,1-5H3. The predicted molar refractivity (Wildman–Crippen MR) is 98.1 cm³/mol. The van der Waals surface area contributed by atoms with Crippen molar-refractivity contribution in [3.8, 4) is 0 Å². The van der Waals surface area contributed by atoms with Crippen molar-refractivity contribution in [2.75, 3.05) is 44.7 Å². The Morgan fingerprint density at radius 2 is 1.75 bits per heavy atom. The number of hydrogen-bond donors (Lipinski definition) is 2. The SMILES string of the molecule is CC(C)C(O)C(C)(C)CNCc1cnc(N2CCN(C)CC2)nc1. The van der Waals surface area contributed by atoms with Crippen LogP contribution in [0.15, 0.2) is 12.4 Å². The predicted octanol–water partition coefficient (Wildman–Crippen LogP) is 1.36. The number of anilines is 1. The van der Waals surface area contributed by atoms with Crippen LogP contribution in [0.25, 0.3) is 0 Å². The third kappa shape index (κ3) is 5.13. The minimum atomic E-state index is -0.319. The van der Waals surface area contributed by atoms with E-state index >= 15 is 0 Å². The van der Waals surface area contributed by atoms with E-state index in [-0.39, 0.29) is 17.4 Å². The summed E-state index contributed by atoms with van der Waals surface area (Å²) in [6.45, 7) is 13.8. The van der Waals surface area contributed by atoms with Gasteiger partial charge in [-0.15, -0.1) is 0 Å². The van der Waals surface area contributed by atoms with Gasteiger partial charge in [0, 0.05) is 62.6 Å². The molecule has 1 aromatic rings. The van der Waals surface area contributed by atoms with E-state index < -0.39 is 0 Å². The molecular weight excluding hydrogens is 302 g/mol. The van der Waals surface area contributed by atoms with Crippen molar-refractivity contribution in [3.63, 3.8) is 0 Å². The summed E-state index contributed by atoms with van der Waals surface area (Å²) in [6, 6.07) is 0. The molecule has 6 nitrogen and oxygen atoms in total. The van der Waals surface area contributed by atoms with Gasteiger partial charge in [0.1, 0.15) is 0 Å². The van der Waals surface area contributed by atoms with Crippen molar-refractivity contribution >= 4 is 5.95 Å². The lowest BCUT2D eigenvalue weighted by molar-refractivity contribution is 0.0134. The summed E-state index contributed by atoms with van der Waals surface area (Å²) in [7, 11) is 2.14. The first-order valence-electron chi connectivity index (χ1n) is 8.93. The first kappa shape index (κ1) is 19.1. The number of piperazine rings is 1. The Balaban J connectivity index is 1.82. The molecule has 1 aliphatic heterocycles. The Morgan fingerprint density at radius 3 is 2.29 bits per heavy atom. The van der Waals surface area contributed by atoms with Crippen molar-refractivity contribution in [2.45, 2.75) is 40.3 Å². The minimum Gasteiger partial charge on any atom is -0.392 e. The summed E-state index contributed by atoms with van der Waals surface area (Å²) in [5, 5.41) is 13.7. The Hall–Kier alpha value is -1.24. The molecular formula is C18H33N5O. The highest BCUT2D eigenvalue weighted by atomic mass is 16.3. The Bertz CT molecular complexity index is 495. The Morgan fingerprint density at radius 1 is 1.17 bits per heavy atom. The second kappa shape index (κ2) is 8.23. The number of aromatic nitrogens is 2. The van der Waals surface area contributed by atoms with Crippen molar-refractivity contribution in [1.29, 1.82) is 0 Å². The molecule has 0 spiro atoms. The van der Waals surface area contributed by atoms with Gasteiger partial charge in [-0.1, -0.05) is 27.7 Å². The van der Waals surface area contributed by atoms with Crippen molar-refractivity contribution < 1.29 is 5.11 Å². The molecule has 0 aliphatic carbocycles. The largest absolute Gasteiger partial charge is 0.392 e. The summed E-state index contributed by atoms with van der Waals surface area (Å²) in [5.41, 5.74) is 0.914. The summed E-state index contributed by atoms with van der Waals surface area (Å²) in [5.74, 6) is 1.08. The van der Waals surface area contributed by atoms with E-state index in [4.69, 9.17) is 0 Å². The lowest BCUT2D eigenvalue weighted by Gasteiger charge is -2.33. The Labute approximate surface area is 146 Å². The lowest BCUT2D eigenvalue weighted by atomic mass is 9.81. The fourth-order valence-electron chi connectivity index (χ4n) is 3.14. The van der Waals surface area contributed by atoms with Crippen molar-refractivity contribution in [1.82, 2.24) is 20.2 Å². The normalized spacial score (nSPS) is 18.2. The summed E-state index contributed by atoms with van der Waals surface area (Å²) in [4.78, 5) is 13.6. The van der Waals surface area contributed by atoms with E-state index in [0.717, 1.165) is 50.8 Å². The van der Waals surface area contributed by atoms with Crippen LogP contribution < -0.4 is 10.2 Å². The molecule has 6 heteroatoms.